The van der Waals surface area contributed by atoms with E-state index < -0.39 is 0 Å². The van der Waals surface area contributed by atoms with E-state index in [1.807, 2.05) is 0 Å². The predicted octanol–water partition coefficient (Wildman–Crippen LogP) is 10.4. The van der Waals surface area contributed by atoms with Gasteiger partial charge >= 0.3 is 0 Å². The highest BCUT2D eigenvalue weighted by Crippen LogP contribution is 2.22. The van der Waals surface area contributed by atoms with Crippen molar-refractivity contribution in [3.8, 4) is 0 Å². The second kappa shape index (κ2) is 22.7. The lowest BCUT2D eigenvalue weighted by molar-refractivity contribution is -0.00434. The largest absolute Gasteiger partial charge is 0.377 e. The Morgan fingerprint density at radius 3 is 1.50 bits per heavy atom. The lowest BCUT2D eigenvalue weighted by atomic mass is 10.0. The van der Waals surface area contributed by atoms with Crippen LogP contribution in [0.15, 0.2) is 72.8 Å². The molecule has 0 amide bonds. The van der Waals surface area contributed by atoms with Gasteiger partial charge in [-0.15, -0.1) is 0 Å². The third kappa shape index (κ3) is 16.4. The lowest BCUT2D eigenvalue weighted by Crippen LogP contribution is -2.24. The fourth-order valence-electron chi connectivity index (χ4n) is 5.50. The van der Waals surface area contributed by atoms with E-state index >= 15 is 0 Å². The standard InChI is InChI=1S/C37H56O3/c1(5-9-19-30-38-32-34-22-13-11-14-23-34)3-7-17-26-36-28-21-29-37(40-36)27-18-8-4-2-6-10-20-31-39-33-35-24-15-12-16-25-35/h11-16,21-25,28,36-37H,1-10,17-20,26-27,29-33H2/t36-,37+/m0/s1. The van der Waals surface area contributed by atoms with Gasteiger partial charge in [-0.1, -0.05) is 150 Å². The number of unbranched alkanes of at least 4 members (excludes halogenated alkanes) is 12. The van der Waals surface area contributed by atoms with Crippen molar-refractivity contribution in [2.45, 2.75) is 135 Å². The Balaban J connectivity index is 1.04. The fourth-order valence-corrected chi connectivity index (χ4v) is 5.50. The van der Waals surface area contributed by atoms with E-state index in [0.717, 1.165) is 32.8 Å². The molecule has 0 N–H and O–H groups in total. The van der Waals surface area contributed by atoms with Crippen LogP contribution in [0.5, 0.6) is 0 Å². The summed E-state index contributed by atoms with van der Waals surface area (Å²) in [6.45, 7) is 3.25. The highest BCUT2D eigenvalue weighted by Gasteiger charge is 2.17. The fraction of sp³-hybridized carbons (Fsp3) is 0.622. The third-order valence-electron chi connectivity index (χ3n) is 7.93. The van der Waals surface area contributed by atoms with Crippen molar-refractivity contribution in [1.29, 1.82) is 0 Å². The summed E-state index contributed by atoms with van der Waals surface area (Å²) in [6, 6.07) is 20.9. The van der Waals surface area contributed by atoms with Gasteiger partial charge in [0.15, 0.2) is 0 Å². The van der Waals surface area contributed by atoms with Gasteiger partial charge in [-0.3, -0.25) is 0 Å². The first-order valence-electron chi connectivity index (χ1n) is 16.5. The summed E-state index contributed by atoms with van der Waals surface area (Å²) < 4.78 is 18.0. The van der Waals surface area contributed by atoms with Gasteiger partial charge in [-0.2, -0.15) is 0 Å². The summed E-state index contributed by atoms with van der Waals surface area (Å²) in [4.78, 5) is 0. The molecule has 0 saturated carbocycles. The third-order valence-corrected chi connectivity index (χ3v) is 7.93. The van der Waals surface area contributed by atoms with Crippen LogP contribution in [0.2, 0.25) is 0 Å². The molecular formula is C37H56O3. The Morgan fingerprint density at radius 1 is 0.525 bits per heavy atom. The van der Waals surface area contributed by atoms with Crippen molar-refractivity contribution in [3.63, 3.8) is 0 Å². The maximum absolute atomic E-state index is 6.40. The number of ether oxygens (including phenoxy) is 3. The monoisotopic (exact) mass is 548 g/mol. The van der Waals surface area contributed by atoms with Gasteiger partial charge in [0.1, 0.15) is 0 Å². The van der Waals surface area contributed by atoms with E-state index in [9.17, 15) is 0 Å². The summed E-state index contributed by atoms with van der Waals surface area (Å²) in [5.41, 5.74) is 2.54. The maximum Gasteiger partial charge on any atom is 0.0759 e. The topological polar surface area (TPSA) is 27.7 Å². The average Bonchev–Trinajstić information content (AvgIpc) is 3.00. The molecular weight excluding hydrogens is 492 g/mol. The van der Waals surface area contributed by atoms with Crippen molar-refractivity contribution in [3.05, 3.63) is 83.9 Å². The normalized spacial score (nSPS) is 16.9. The van der Waals surface area contributed by atoms with Gasteiger partial charge in [0, 0.05) is 13.2 Å². The quantitative estimate of drug-likeness (QED) is 0.0964. The van der Waals surface area contributed by atoms with E-state index in [-0.39, 0.29) is 0 Å². The molecule has 222 valence electrons. The number of hydrogen-bond donors (Lipinski definition) is 0. The van der Waals surface area contributed by atoms with Crippen LogP contribution in [-0.2, 0) is 27.4 Å². The summed E-state index contributed by atoms with van der Waals surface area (Å²) in [6.07, 6.45) is 27.3. The zero-order valence-corrected chi connectivity index (χ0v) is 25.2. The number of benzene rings is 2. The molecule has 0 radical (unpaired) electrons. The second-order valence-electron chi connectivity index (χ2n) is 11.6. The van der Waals surface area contributed by atoms with E-state index in [4.69, 9.17) is 14.2 Å². The Bertz CT molecular complexity index is 850. The molecule has 0 spiro atoms. The Hall–Kier alpha value is -1.94. The van der Waals surface area contributed by atoms with Gasteiger partial charge < -0.3 is 14.2 Å². The van der Waals surface area contributed by atoms with Crippen molar-refractivity contribution in [2.75, 3.05) is 13.2 Å². The van der Waals surface area contributed by atoms with Gasteiger partial charge in [-0.05, 0) is 43.2 Å². The van der Waals surface area contributed by atoms with Crippen LogP contribution in [-0.4, -0.2) is 25.4 Å². The Morgan fingerprint density at radius 2 is 0.975 bits per heavy atom. The minimum Gasteiger partial charge on any atom is -0.377 e. The van der Waals surface area contributed by atoms with Crippen molar-refractivity contribution in [1.82, 2.24) is 0 Å². The van der Waals surface area contributed by atoms with Crippen molar-refractivity contribution >= 4 is 0 Å². The highest BCUT2D eigenvalue weighted by molar-refractivity contribution is 5.14. The summed E-state index contributed by atoms with van der Waals surface area (Å²) in [7, 11) is 0. The molecule has 0 bridgehead atoms. The number of rotatable bonds is 24. The first-order valence-corrected chi connectivity index (χ1v) is 16.5. The molecule has 0 fully saturated rings. The summed E-state index contributed by atoms with van der Waals surface area (Å²) >= 11 is 0. The smallest absolute Gasteiger partial charge is 0.0759 e. The van der Waals surface area contributed by atoms with Crippen molar-refractivity contribution in [2.24, 2.45) is 0 Å². The van der Waals surface area contributed by atoms with Crippen LogP contribution in [0.25, 0.3) is 0 Å². The molecule has 40 heavy (non-hydrogen) atoms. The Labute approximate surface area is 245 Å². The highest BCUT2D eigenvalue weighted by atomic mass is 16.5. The molecule has 0 aliphatic carbocycles. The molecule has 2 atom stereocenters. The molecule has 0 aromatic heterocycles. The van der Waals surface area contributed by atoms with E-state index in [2.05, 4.69) is 72.8 Å². The van der Waals surface area contributed by atoms with Crippen LogP contribution < -0.4 is 0 Å². The zero-order chi connectivity index (χ0) is 27.8. The molecule has 2 aromatic carbocycles. The van der Waals surface area contributed by atoms with Crippen LogP contribution in [0.3, 0.4) is 0 Å². The molecule has 1 heterocycles. The first-order chi connectivity index (χ1) is 19.9. The Kier molecular flexibility index (Phi) is 18.5. The molecule has 0 unspecified atom stereocenters. The van der Waals surface area contributed by atoms with Gasteiger partial charge in [0.25, 0.3) is 0 Å². The van der Waals surface area contributed by atoms with Crippen LogP contribution in [0.1, 0.15) is 120 Å². The average molecular weight is 549 g/mol. The molecule has 3 nitrogen and oxygen atoms in total. The summed E-state index contributed by atoms with van der Waals surface area (Å²) in [5, 5.41) is 0. The molecule has 0 saturated heterocycles. The zero-order valence-electron chi connectivity index (χ0n) is 25.2. The van der Waals surface area contributed by atoms with Gasteiger partial charge in [0.2, 0.25) is 0 Å². The molecule has 1 aliphatic heterocycles. The number of hydrogen-bond acceptors (Lipinski definition) is 3. The van der Waals surface area contributed by atoms with Crippen molar-refractivity contribution < 1.29 is 14.2 Å². The van der Waals surface area contributed by atoms with Crippen LogP contribution in [0, 0.1) is 0 Å². The van der Waals surface area contributed by atoms with E-state index in [1.165, 1.54) is 114 Å². The predicted molar refractivity (Wildman–Crippen MR) is 168 cm³/mol. The molecule has 3 heteroatoms. The SMILES string of the molecule is C1=C[C@H](CCCCCCCCCOCc2ccccc2)O[C@H](CCCCCCCCCOCc2ccccc2)C1. The maximum atomic E-state index is 6.40. The van der Waals surface area contributed by atoms with E-state index in [1.54, 1.807) is 0 Å². The van der Waals surface area contributed by atoms with E-state index in [0.29, 0.717) is 12.2 Å². The first kappa shape index (κ1) is 32.6. The minimum absolute atomic E-state index is 0.352. The molecule has 2 aromatic rings. The minimum atomic E-state index is 0.352. The van der Waals surface area contributed by atoms with Gasteiger partial charge in [0.05, 0.1) is 25.4 Å². The molecule has 1 aliphatic rings. The summed E-state index contributed by atoms with van der Waals surface area (Å²) in [5.74, 6) is 0. The molecule has 3 rings (SSSR count). The van der Waals surface area contributed by atoms with Crippen LogP contribution >= 0.6 is 0 Å². The second-order valence-corrected chi connectivity index (χ2v) is 11.6. The van der Waals surface area contributed by atoms with Crippen LogP contribution in [0.4, 0.5) is 0 Å². The lowest BCUT2D eigenvalue weighted by Gasteiger charge is -2.26. The van der Waals surface area contributed by atoms with Gasteiger partial charge in [-0.25, -0.2) is 0 Å².